The van der Waals surface area contributed by atoms with E-state index >= 15 is 0 Å². The number of nitrogens with zero attached hydrogens (tertiary/aromatic N) is 2. The third kappa shape index (κ3) is 9.54. The fraction of sp³-hybridized carbons (Fsp3) is 0.310. The van der Waals surface area contributed by atoms with Gasteiger partial charge in [0.05, 0.1) is 11.0 Å². The summed E-state index contributed by atoms with van der Waals surface area (Å²) in [5.74, 6) is -1.22. The number of carbonyl (C=O) groups excluding carboxylic acids is 2. The second-order valence-electron chi connectivity index (χ2n) is 14.4. The summed E-state index contributed by atoms with van der Waals surface area (Å²) < 4.78 is 6.09. The second-order valence-corrected chi connectivity index (χ2v) is 15.4. The Kier molecular flexibility index (Phi) is 11.6. The number of rotatable bonds is 13. The predicted octanol–water partition coefficient (Wildman–Crippen LogP) is 7.14. The minimum atomic E-state index is -1.65. The van der Waals surface area contributed by atoms with Crippen molar-refractivity contribution in [1.82, 2.24) is 20.6 Å². The topological polar surface area (TPSA) is 151 Å². The molecule has 0 radical (unpaired) electrons. The van der Waals surface area contributed by atoms with Crippen molar-refractivity contribution in [3.8, 4) is 28.3 Å². The lowest BCUT2D eigenvalue weighted by molar-refractivity contribution is -0.145. The molecule has 274 valence electrons. The van der Waals surface area contributed by atoms with Gasteiger partial charge in [0, 0.05) is 34.8 Å². The number of hydrogen-bond acceptors (Lipinski definition) is 8. The number of aliphatic hydroxyl groups is 1. The van der Waals surface area contributed by atoms with Gasteiger partial charge in [-0.2, -0.15) is 0 Å². The van der Waals surface area contributed by atoms with Crippen molar-refractivity contribution in [3.05, 3.63) is 124 Å². The number of hydrogen-bond donors (Lipinski definition) is 4. The van der Waals surface area contributed by atoms with Crippen molar-refractivity contribution < 1.29 is 29.3 Å². The zero-order valence-corrected chi connectivity index (χ0v) is 30.8. The number of nitrogens with one attached hydrogen (secondary N) is 2. The lowest BCUT2D eigenvalue weighted by Crippen LogP contribution is -2.54. The molecule has 6 rings (SSSR count). The largest absolute Gasteiger partial charge is 0.490 e. The van der Waals surface area contributed by atoms with Crippen LogP contribution in [0.15, 0.2) is 103 Å². The first kappa shape index (κ1) is 37.4. The Balaban J connectivity index is 1.16. The number of carboxylic acid groups (broad SMARTS) is 1. The van der Waals surface area contributed by atoms with Gasteiger partial charge in [-0.05, 0) is 72.1 Å². The molecule has 2 unspecified atom stereocenters. The zero-order chi connectivity index (χ0) is 37.5. The van der Waals surface area contributed by atoms with Crippen LogP contribution in [-0.2, 0) is 21.4 Å². The lowest BCUT2D eigenvalue weighted by atomic mass is 9.95. The van der Waals surface area contributed by atoms with Gasteiger partial charge in [-0.25, -0.2) is 14.8 Å². The van der Waals surface area contributed by atoms with E-state index in [1.54, 1.807) is 48.8 Å². The van der Waals surface area contributed by atoms with Crippen LogP contribution in [0.4, 0.5) is 0 Å². The number of aliphatic carboxylic acids is 1. The van der Waals surface area contributed by atoms with Gasteiger partial charge >= 0.3 is 5.97 Å². The van der Waals surface area contributed by atoms with Crippen molar-refractivity contribution in [2.45, 2.75) is 82.6 Å². The molecule has 3 atom stereocenters. The highest BCUT2D eigenvalue weighted by Gasteiger charge is 2.33. The SMILES string of the molecule is CC(C)(C)c1ccc(C(=O)N[C@@H](Cc2ccc(-c3ncc(-c4ccc(OC5CCCC5)cc4)cn3)cc2)C(=O)NC(C(=O)O)C(O)c2ccccc2)s1. The molecule has 2 amide bonds. The standard InChI is InChI=1S/C42H44N4O6S/c1-42(2,3)35-22-21-34(53-35)40(49)45-33(39(48)46-36(41(50)51)37(47)28-9-5-4-6-10-28)23-26-13-15-29(16-14-26)38-43-24-30(25-44-38)27-17-19-32(20-18-27)52-31-11-7-8-12-31/h4-6,9-10,13-22,24-25,31,33,36-37,47H,7-8,11-12,23H2,1-3H3,(H,45,49)(H,46,48)(H,50,51)/t33-,36?,37?/m0/s1. The molecule has 0 saturated heterocycles. The molecule has 1 aliphatic rings. The summed E-state index contributed by atoms with van der Waals surface area (Å²) in [4.78, 5) is 50.0. The Morgan fingerprint density at radius 2 is 1.47 bits per heavy atom. The molecule has 1 aliphatic carbocycles. The molecule has 2 heterocycles. The Hall–Kier alpha value is -5.39. The maximum absolute atomic E-state index is 13.7. The lowest BCUT2D eigenvalue weighted by Gasteiger charge is -2.24. The van der Waals surface area contributed by atoms with Crippen LogP contribution in [-0.4, -0.2) is 56.2 Å². The number of aromatic nitrogens is 2. The fourth-order valence-electron chi connectivity index (χ4n) is 6.25. The van der Waals surface area contributed by atoms with Gasteiger partial charge in [0.1, 0.15) is 17.9 Å². The van der Waals surface area contributed by atoms with E-state index in [0.29, 0.717) is 27.9 Å². The van der Waals surface area contributed by atoms with Crippen LogP contribution < -0.4 is 15.4 Å². The van der Waals surface area contributed by atoms with Crippen LogP contribution in [0, 0.1) is 0 Å². The van der Waals surface area contributed by atoms with E-state index in [4.69, 9.17) is 4.74 Å². The number of ether oxygens (including phenoxy) is 1. The first-order valence-corrected chi connectivity index (χ1v) is 18.6. The molecule has 3 aromatic carbocycles. The van der Waals surface area contributed by atoms with Crippen LogP contribution in [0.3, 0.4) is 0 Å². The molecule has 10 nitrogen and oxygen atoms in total. The molecule has 1 saturated carbocycles. The van der Waals surface area contributed by atoms with Crippen LogP contribution in [0.5, 0.6) is 5.75 Å². The smallest absolute Gasteiger partial charge is 0.329 e. The van der Waals surface area contributed by atoms with Crippen molar-refractivity contribution in [2.24, 2.45) is 0 Å². The monoisotopic (exact) mass is 732 g/mol. The van der Waals surface area contributed by atoms with Gasteiger partial charge in [-0.1, -0.05) is 87.5 Å². The second kappa shape index (κ2) is 16.5. The van der Waals surface area contributed by atoms with Crippen LogP contribution >= 0.6 is 11.3 Å². The van der Waals surface area contributed by atoms with Crippen LogP contribution in [0.1, 0.15) is 78.2 Å². The molecule has 1 fully saturated rings. The van der Waals surface area contributed by atoms with E-state index in [1.165, 1.54) is 24.2 Å². The van der Waals surface area contributed by atoms with Gasteiger partial charge in [-0.3, -0.25) is 9.59 Å². The number of carboxylic acids is 1. The van der Waals surface area contributed by atoms with Gasteiger partial charge in [0.15, 0.2) is 11.9 Å². The third-order valence-corrected chi connectivity index (χ3v) is 10.8. The van der Waals surface area contributed by atoms with E-state index in [-0.39, 0.29) is 11.8 Å². The van der Waals surface area contributed by atoms with Gasteiger partial charge in [-0.15, -0.1) is 11.3 Å². The Bertz CT molecular complexity index is 2000. The summed E-state index contributed by atoms with van der Waals surface area (Å²) in [6, 6.07) is 24.3. The van der Waals surface area contributed by atoms with Crippen LogP contribution in [0.2, 0.25) is 0 Å². The molecule has 2 aromatic heterocycles. The zero-order valence-electron chi connectivity index (χ0n) is 30.0. The summed E-state index contributed by atoms with van der Waals surface area (Å²) in [5.41, 5.74) is 3.50. The fourth-order valence-corrected chi connectivity index (χ4v) is 7.22. The van der Waals surface area contributed by atoms with Crippen molar-refractivity contribution in [3.63, 3.8) is 0 Å². The molecule has 0 spiro atoms. The first-order chi connectivity index (χ1) is 25.4. The summed E-state index contributed by atoms with van der Waals surface area (Å²) in [7, 11) is 0. The summed E-state index contributed by atoms with van der Waals surface area (Å²) in [5, 5.41) is 26.1. The molecule has 4 N–H and O–H groups in total. The number of thiophene rings is 1. The van der Waals surface area contributed by atoms with E-state index in [9.17, 15) is 24.6 Å². The third-order valence-electron chi connectivity index (χ3n) is 9.31. The van der Waals surface area contributed by atoms with Crippen molar-refractivity contribution in [1.29, 1.82) is 0 Å². The average molecular weight is 733 g/mol. The van der Waals surface area contributed by atoms with E-state index in [1.807, 2.05) is 54.6 Å². The number of amides is 2. The normalized spacial score (nSPS) is 14.9. The van der Waals surface area contributed by atoms with E-state index in [2.05, 4.69) is 41.4 Å². The molecule has 53 heavy (non-hydrogen) atoms. The highest BCUT2D eigenvalue weighted by molar-refractivity contribution is 7.14. The minimum absolute atomic E-state index is 0.0589. The number of aliphatic hydroxyl groups excluding tert-OH is 1. The molecule has 0 aliphatic heterocycles. The first-order valence-electron chi connectivity index (χ1n) is 17.8. The maximum Gasteiger partial charge on any atom is 0.329 e. The van der Waals surface area contributed by atoms with Gasteiger partial charge < -0.3 is 25.6 Å². The van der Waals surface area contributed by atoms with E-state index < -0.39 is 36.0 Å². The Labute approximate surface area is 313 Å². The molecular weight excluding hydrogens is 689 g/mol. The Morgan fingerprint density at radius 3 is 2.08 bits per heavy atom. The quantitative estimate of drug-likeness (QED) is 0.0999. The summed E-state index contributed by atoms with van der Waals surface area (Å²) >= 11 is 1.34. The molecular formula is C42H44N4O6S. The van der Waals surface area contributed by atoms with Crippen LogP contribution in [0.25, 0.3) is 22.5 Å². The Morgan fingerprint density at radius 1 is 0.830 bits per heavy atom. The van der Waals surface area contributed by atoms with E-state index in [0.717, 1.165) is 40.2 Å². The minimum Gasteiger partial charge on any atom is -0.490 e. The molecule has 0 bridgehead atoms. The highest BCUT2D eigenvalue weighted by Crippen LogP contribution is 2.30. The molecule has 5 aromatic rings. The summed E-state index contributed by atoms with van der Waals surface area (Å²) in [6.07, 6.45) is 7.04. The van der Waals surface area contributed by atoms with Crippen molar-refractivity contribution >= 4 is 29.1 Å². The maximum atomic E-state index is 13.7. The number of benzene rings is 3. The van der Waals surface area contributed by atoms with Gasteiger partial charge in [0.25, 0.3) is 5.91 Å². The highest BCUT2D eigenvalue weighted by atomic mass is 32.1. The number of carbonyl (C=O) groups is 3. The van der Waals surface area contributed by atoms with Gasteiger partial charge in [0.2, 0.25) is 5.91 Å². The van der Waals surface area contributed by atoms with Crippen molar-refractivity contribution in [2.75, 3.05) is 0 Å². The summed E-state index contributed by atoms with van der Waals surface area (Å²) in [6.45, 7) is 6.15. The molecule has 11 heteroatoms. The average Bonchev–Trinajstić information content (AvgIpc) is 3.88. The predicted molar refractivity (Wildman–Crippen MR) is 205 cm³/mol.